The van der Waals surface area contributed by atoms with Crippen LogP contribution in [0.2, 0.25) is 0 Å². The van der Waals surface area contributed by atoms with Crippen LogP contribution in [0.4, 0.5) is 4.39 Å². The first-order valence-corrected chi connectivity index (χ1v) is 8.06. The van der Waals surface area contributed by atoms with Crippen LogP contribution in [0.25, 0.3) is 0 Å². The second-order valence-corrected chi connectivity index (χ2v) is 5.88. The summed E-state index contributed by atoms with van der Waals surface area (Å²) in [4.78, 5) is 15.8. The van der Waals surface area contributed by atoms with Gasteiger partial charge in [-0.1, -0.05) is 18.2 Å². The fourth-order valence-electron chi connectivity index (χ4n) is 2.58. The monoisotopic (exact) mass is 464 g/mol. The lowest BCUT2D eigenvalue weighted by Gasteiger charge is -2.19. The van der Waals surface area contributed by atoms with Crippen LogP contribution >= 0.6 is 24.0 Å². The largest absolute Gasteiger partial charge is 0.383 e. The minimum absolute atomic E-state index is 0. The van der Waals surface area contributed by atoms with Crippen LogP contribution in [-0.4, -0.2) is 52.3 Å². The molecule has 3 N–H and O–H groups in total. The van der Waals surface area contributed by atoms with Gasteiger partial charge < -0.3 is 20.7 Å². The smallest absolute Gasteiger partial charge is 0.239 e. The van der Waals surface area contributed by atoms with Gasteiger partial charge in [0, 0.05) is 32.7 Å². The number of carbonyl (C=O) groups excluding carboxylic acids is 1. The second kappa shape index (κ2) is 10.5. The predicted octanol–water partition coefficient (Wildman–Crippen LogP) is 1.40. The summed E-state index contributed by atoms with van der Waals surface area (Å²) in [6.45, 7) is 1.65. The summed E-state index contributed by atoms with van der Waals surface area (Å²) in [6.07, 6.45) is 1.88. The van der Waals surface area contributed by atoms with Gasteiger partial charge in [0.25, 0.3) is 0 Å². The van der Waals surface area contributed by atoms with Crippen LogP contribution < -0.4 is 16.0 Å². The number of methoxy groups -OCH3 is 1. The fourth-order valence-corrected chi connectivity index (χ4v) is 2.58. The average Bonchev–Trinajstić information content (AvgIpc) is 3.36. The Morgan fingerprint density at radius 2 is 2.00 bits per heavy atom. The first kappa shape index (κ1) is 21.6. The van der Waals surface area contributed by atoms with Gasteiger partial charge in [-0.15, -0.1) is 24.0 Å². The molecular formula is C17H26FIN4O2. The van der Waals surface area contributed by atoms with Crippen LogP contribution in [0.1, 0.15) is 18.4 Å². The van der Waals surface area contributed by atoms with Crippen LogP contribution in [0.15, 0.2) is 29.3 Å². The number of rotatable bonds is 8. The molecule has 0 saturated heterocycles. The maximum Gasteiger partial charge on any atom is 0.239 e. The van der Waals surface area contributed by atoms with E-state index in [-0.39, 0.29) is 47.7 Å². The lowest BCUT2D eigenvalue weighted by atomic mass is 9.95. The molecular weight excluding hydrogens is 438 g/mol. The van der Waals surface area contributed by atoms with Crippen molar-refractivity contribution >= 4 is 35.8 Å². The summed E-state index contributed by atoms with van der Waals surface area (Å²) < 4.78 is 18.9. The standard InChI is InChI=1S/C17H25FN4O2.HI/c1-19-16(21-11-15(23)20-9-10-24-2)22-12-17(7-8-17)13-5-3-4-6-14(13)18;/h3-6H,7-12H2,1-2H3,(H,20,23)(H2,19,21,22);1H. The van der Waals surface area contributed by atoms with Crippen LogP contribution in [0.5, 0.6) is 0 Å². The molecule has 1 aliphatic rings. The van der Waals surface area contributed by atoms with E-state index in [1.807, 2.05) is 12.1 Å². The van der Waals surface area contributed by atoms with Crippen molar-refractivity contribution in [2.24, 2.45) is 4.99 Å². The van der Waals surface area contributed by atoms with E-state index in [0.29, 0.717) is 25.7 Å². The Balaban J connectivity index is 0.00000312. The molecule has 0 atom stereocenters. The maximum atomic E-state index is 14.0. The highest BCUT2D eigenvalue weighted by atomic mass is 127. The molecule has 1 aromatic carbocycles. The van der Waals surface area contributed by atoms with Gasteiger partial charge in [0.2, 0.25) is 5.91 Å². The fraction of sp³-hybridized carbons (Fsp3) is 0.529. The highest BCUT2D eigenvalue weighted by Crippen LogP contribution is 2.48. The van der Waals surface area contributed by atoms with Crippen molar-refractivity contribution in [1.29, 1.82) is 0 Å². The summed E-state index contributed by atoms with van der Waals surface area (Å²) in [5.41, 5.74) is 0.564. The molecule has 0 aliphatic heterocycles. The number of benzene rings is 1. The van der Waals surface area contributed by atoms with Crippen molar-refractivity contribution in [3.05, 3.63) is 35.6 Å². The molecule has 0 heterocycles. The van der Waals surface area contributed by atoms with Crippen LogP contribution in [-0.2, 0) is 14.9 Å². The molecule has 0 bridgehead atoms. The Labute approximate surface area is 165 Å². The van der Waals surface area contributed by atoms with E-state index in [1.54, 1.807) is 20.2 Å². The third-order valence-electron chi connectivity index (χ3n) is 4.16. The van der Waals surface area contributed by atoms with Crippen LogP contribution in [0, 0.1) is 5.82 Å². The number of nitrogens with one attached hydrogen (secondary N) is 3. The van der Waals surface area contributed by atoms with Gasteiger partial charge in [-0.05, 0) is 24.5 Å². The highest BCUT2D eigenvalue weighted by molar-refractivity contribution is 14.0. The third-order valence-corrected chi connectivity index (χ3v) is 4.16. The van der Waals surface area contributed by atoms with E-state index in [9.17, 15) is 9.18 Å². The lowest BCUT2D eigenvalue weighted by Crippen LogP contribution is -2.45. The predicted molar refractivity (Wildman–Crippen MR) is 107 cm³/mol. The van der Waals surface area contributed by atoms with E-state index < -0.39 is 0 Å². The van der Waals surface area contributed by atoms with Crippen molar-refractivity contribution in [2.75, 3.05) is 40.4 Å². The number of amides is 1. The van der Waals surface area contributed by atoms with E-state index in [2.05, 4.69) is 20.9 Å². The minimum atomic E-state index is -0.177. The minimum Gasteiger partial charge on any atom is -0.383 e. The number of aliphatic imine (C=N–C) groups is 1. The number of guanidine groups is 1. The number of nitrogens with zero attached hydrogens (tertiary/aromatic N) is 1. The van der Waals surface area contributed by atoms with Gasteiger partial charge >= 0.3 is 0 Å². The van der Waals surface area contributed by atoms with Gasteiger partial charge in [0.1, 0.15) is 5.82 Å². The number of halogens is 2. The first-order valence-electron chi connectivity index (χ1n) is 8.06. The molecule has 0 unspecified atom stereocenters. The molecule has 1 amide bonds. The Kier molecular flexibility index (Phi) is 9.12. The van der Waals surface area contributed by atoms with Crippen molar-refractivity contribution in [2.45, 2.75) is 18.3 Å². The van der Waals surface area contributed by atoms with Crippen molar-refractivity contribution < 1.29 is 13.9 Å². The molecule has 140 valence electrons. The zero-order valence-electron chi connectivity index (χ0n) is 14.6. The molecule has 8 heteroatoms. The zero-order valence-corrected chi connectivity index (χ0v) is 16.9. The summed E-state index contributed by atoms with van der Waals surface area (Å²) in [5.74, 6) is 0.224. The molecule has 0 aromatic heterocycles. The van der Waals surface area contributed by atoms with Crippen LogP contribution in [0.3, 0.4) is 0 Å². The Bertz CT molecular complexity index is 594. The molecule has 1 fully saturated rings. The summed E-state index contributed by atoms with van der Waals surface area (Å²) in [7, 11) is 3.22. The molecule has 0 radical (unpaired) electrons. The highest BCUT2D eigenvalue weighted by Gasteiger charge is 2.45. The first-order chi connectivity index (χ1) is 11.6. The molecule has 1 saturated carbocycles. The average molecular weight is 464 g/mol. The maximum absolute atomic E-state index is 14.0. The Hall–Kier alpha value is -1.42. The van der Waals surface area contributed by atoms with E-state index in [4.69, 9.17) is 4.74 Å². The molecule has 2 rings (SSSR count). The summed E-state index contributed by atoms with van der Waals surface area (Å²) in [5, 5.41) is 8.87. The summed E-state index contributed by atoms with van der Waals surface area (Å²) in [6, 6.07) is 6.89. The molecule has 1 aliphatic carbocycles. The number of hydrogen-bond donors (Lipinski definition) is 3. The SMILES string of the molecule is CN=C(NCC(=O)NCCOC)NCC1(c2ccccc2F)CC1.I. The number of ether oxygens (including phenoxy) is 1. The zero-order chi connectivity index (χ0) is 17.4. The third kappa shape index (κ3) is 6.43. The van der Waals surface area contributed by atoms with E-state index in [0.717, 1.165) is 18.4 Å². The Morgan fingerprint density at radius 3 is 2.60 bits per heavy atom. The molecule has 6 nitrogen and oxygen atoms in total. The Morgan fingerprint density at radius 1 is 1.28 bits per heavy atom. The van der Waals surface area contributed by atoms with Gasteiger partial charge in [0.15, 0.2) is 5.96 Å². The lowest BCUT2D eigenvalue weighted by molar-refractivity contribution is -0.120. The quantitative estimate of drug-likeness (QED) is 0.236. The molecule has 1 aromatic rings. The van der Waals surface area contributed by atoms with Gasteiger partial charge in [-0.2, -0.15) is 0 Å². The van der Waals surface area contributed by atoms with Gasteiger partial charge in [-0.3, -0.25) is 9.79 Å². The van der Waals surface area contributed by atoms with Gasteiger partial charge in [-0.25, -0.2) is 4.39 Å². The topological polar surface area (TPSA) is 74.8 Å². The van der Waals surface area contributed by atoms with E-state index in [1.165, 1.54) is 6.07 Å². The van der Waals surface area contributed by atoms with Gasteiger partial charge in [0.05, 0.1) is 13.2 Å². The second-order valence-electron chi connectivity index (χ2n) is 5.88. The number of carbonyl (C=O) groups is 1. The summed E-state index contributed by atoms with van der Waals surface area (Å²) >= 11 is 0. The molecule has 0 spiro atoms. The van der Waals surface area contributed by atoms with Crippen molar-refractivity contribution in [3.8, 4) is 0 Å². The van der Waals surface area contributed by atoms with Crippen molar-refractivity contribution in [3.63, 3.8) is 0 Å². The van der Waals surface area contributed by atoms with E-state index >= 15 is 0 Å². The van der Waals surface area contributed by atoms with Crippen molar-refractivity contribution in [1.82, 2.24) is 16.0 Å². The number of hydrogen-bond acceptors (Lipinski definition) is 3. The normalized spacial score (nSPS) is 15.1. The molecule has 25 heavy (non-hydrogen) atoms.